The molecule has 0 saturated heterocycles. The van der Waals surface area contributed by atoms with Crippen molar-refractivity contribution in [1.29, 1.82) is 0 Å². The van der Waals surface area contributed by atoms with Crippen LogP contribution in [0.2, 0.25) is 0 Å². The fourth-order valence-electron chi connectivity index (χ4n) is 1.59. The van der Waals surface area contributed by atoms with Gasteiger partial charge >= 0.3 is 0 Å². The number of hydrogen-bond donors (Lipinski definition) is 1. The largest absolute Gasteiger partial charge is 0.481 e. The Morgan fingerprint density at radius 1 is 1.40 bits per heavy atom. The van der Waals surface area contributed by atoms with Gasteiger partial charge < -0.3 is 14.6 Å². The van der Waals surface area contributed by atoms with E-state index < -0.39 is 0 Å². The van der Waals surface area contributed by atoms with Gasteiger partial charge in [-0.15, -0.1) is 0 Å². The molecule has 82 valence electrons. The standard InChI is InChI=1S/C10H14N2O3/c1-14-10-7-5-15-6-8(7)11-9(12-10)3-2-4-13/h13H,2-6H2,1H3. The molecule has 0 bridgehead atoms. The van der Waals surface area contributed by atoms with E-state index in [-0.39, 0.29) is 6.61 Å². The third-order valence-electron chi connectivity index (χ3n) is 2.34. The molecule has 0 radical (unpaired) electrons. The smallest absolute Gasteiger partial charge is 0.222 e. The molecule has 0 fully saturated rings. The molecule has 1 N–H and O–H groups in total. The van der Waals surface area contributed by atoms with Crippen LogP contribution in [0.4, 0.5) is 0 Å². The van der Waals surface area contributed by atoms with Crippen LogP contribution in [0.15, 0.2) is 0 Å². The minimum Gasteiger partial charge on any atom is -0.481 e. The number of fused-ring (bicyclic) bond motifs is 1. The minimum atomic E-state index is 0.152. The molecule has 0 aliphatic carbocycles. The summed E-state index contributed by atoms with van der Waals surface area (Å²) in [5.41, 5.74) is 1.86. The van der Waals surface area contributed by atoms with Crippen molar-refractivity contribution in [3.05, 3.63) is 17.1 Å². The summed E-state index contributed by atoms with van der Waals surface area (Å²) < 4.78 is 10.5. The Bertz CT molecular complexity index is 355. The number of hydrogen-bond acceptors (Lipinski definition) is 5. The quantitative estimate of drug-likeness (QED) is 0.781. The first-order valence-electron chi connectivity index (χ1n) is 4.96. The van der Waals surface area contributed by atoms with Gasteiger partial charge in [-0.1, -0.05) is 0 Å². The number of rotatable bonds is 4. The maximum Gasteiger partial charge on any atom is 0.222 e. The van der Waals surface area contributed by atoms with Gasteiger partial charge in [-0.25, -0.2) is 4.98 Å². The maximum atomic E-state index is 8.74. The van der Waals surface area contributed by atoms with Crippen molar-refractivity contribution in [3.63, 3.8) is 0 Å². The van der Waals surface area contributed by atoms with Crippen LogP contribution in [0, 0.1) is 0 Å². The van der Waals surface area contributed by atoms with Crippen LogP contribution in [-0.4, -0.2) is 28.8 Å². The lowest BCUT2D eigenvalue weighted by Gasteiger charge is -2.06. The van der Waals surface area contributed by atoms with Crippen molar-refractivity contribution in [2.75, 3.05) is 13.7 Å². The molecule has 1 aliphatic heterocycles. The SMILES string of the molecule is COc1nc(CCCO)nc2c1COC2. The molecule has 0 amide bonds. The average molecular weight is 210 g/mol. The summed E-state index contributed by atoms with van der Waals surface area (Å²) in [4.78, 5) is 8.65. The van der Waals surface area contributed by atoms with Crippen LogP contribution in [0.1, 0.15) is 23.5 Å². The van der Waals surface area contributed by atoms with Gasteiger partial charge in [0.1, 0.15) is 5.82 Å². The molecule has 2 rings (SSSR count). The van der Waals surface area contributed by atoms with Crippen molar-refractivity contribution in [3.8, 4) is 5.88 Å². The van der Waals surface area contributed by atoms with E-state index in [1.165, 1.54) is 0 Å². The van der Waals surface area contributed by atoms with Gasteiger partial charge in [0.05, 0.1) is 31.6 Å². The summed E-state index contributed by atoms with van der Waals surface area (Å²) in [6, 6.07) is 0. The molecule has 1 aromatic heterocycles. The van der Waals surface area contributed by atoms with Crippen LogP contribution in [-0.2, 0) is 24.4 Å². The van der Waals surface area contributed by atoms with E-state index in [0.717, 1.165) is 11.3 Å². The Balaban J connectivity index is 2.26. The monoisotopic (exact) mass is 210 g/mol. The fourth-order valence-corrected chi connectivity index (χ4v) is 1.59. The van der Waals surface area contributed by atoms with Gasteiger partial charge in [-0.3, -0.25) is 0 Å². The molecular formula is C10H14N2O3. The topological polar surface area (TPSA) is 64.5 Å². The summed E-state index contributed by atoms with van der Waals surface area (Å²) in [6.07, 6.45) is 1.34. The third-order valence-corrected chi connectivity index (χ3v) is 2.34. The number of ether oxygens (including phenoxy) is 2. The van der Waals surface area contributed by atoms with Crippen LogP contribution < -0.4 is 4.74 Å². The van der Waals surface area contributed by atoms with Gasteiger partial charge in [0, 0.05) is 13.0 Å². The summed E-state index contributed by atoms with van der Waals surface area (Å²) in [7, 11) is 1.59. The molecule has 1 aromatic rings. The van der Waals surface area contributed by atoms with E-state index in [4.69, 9.17) is 14.6 Å². The fraction of sp³-hybridized carbons (Fsp3) is 0.600. The van der Waals surface area contributed by atoms with E-state index in [9.17, 15) is 0 Å². The lowest BCUT2D eigenvalue weighted by molar-refractivity contribution is 0.132. The third kappa shape index (κ3) is 2.08. The zero-order valence-electron chi connectivity index (χ0n) is 8.69. The first-order valence-corrected chi connectivity index (χ1v) is 4.96. The number of aryl methyl sites for hydroxylation is 1. The molecule has 2 heterocycles. The van der Waals surface area contributed by atoms with Gasteiger partial charge in [0.25, 0.3) is 0 Å². The van der Waals surface area contributed by atoms with Gasteiger partial charge in [-0.2, -0.15) is 4.98 Å². The second-order valence-corrected chi connectivity index (χ2v) is 3.39. The minimum absolute atomic E-state index is 0.152. The van der Waals surface area contributed by atoms with Crippen LogP contribution >= 0.6 is 0 Å². The van der Waals surface area contributed by atoms with Gasteiger partial charge in [0.15, 0.2) is 0 Å². The Labute approximate surface area is 88.1 Å². The van der Waals surface area contributed by atoms with E-state index in [1.54, 1.807) is 7.11 Å². The predicted octanol–water partition coefficient (Wildman–Crippen LogP) is 0.440. The highest BCUT2D eigenvalue weighted by Gasteiger charge is 2.20. The molecule has 0 saturated carbocycles. The molecule has 15 heavy (non-hydrogen) atoms. The number of aliphatic hydroxyl groups excluding tert-OH is 1. The molecular weight excluding hydrogens is 196 g/mol. The maximum absolute atomic E-state index is 8.74. The highest BCUT2D eigenvalue weighted by atomic mass is 16.5. The Hall–Kier alpha value is -1.20. The summed E-state index contributed by atoms with van der Waals surface area (Å²) >= 11 is 0. The van der Waals surface area contributed by atoms with Crippen molar-refractivity contribution in [1.82, 2.24) is 9.97 Å². The second-order valence-electron chi connectivity index (χ2n) is 3.39. The number of aliphatic hydroxyl groups is 1. The van der Waals surface area contributed by atoms with Crippen LogP contribution in [0.3, 0.4) is 0 Å². The molecule has 0 aromatic carbocycles. The first kappa shape index (κ1) is 10.3. The molecule has 0 spiro atoms. The van der Waals surface area contributed by atoms with Gasteiger partial charge in [0.2, 0.25) is 5.88 Å². The summed E-state index contributed by atoms with van der Waals surface area (Å²) in [6.45, 7) is 1.21. The first-order chi connectivity index (χ1) is 7.35. The van der Waals surface area contributed by atoms with Crippen molar-refractivity contribution < 1.29 is 14.6 Å². The summed E-state index contributed by atoms with van der Waals surface area (Å²) in [5, 5.41) is 8.74. The van der Waals surface area contributed by atoms with Gasteiger partial charge in [-0.05, 0) is 6.42 Å². The molecule has 5 nitrogen and oxygen atoms in total. The Kier molecular flexibility index (Phi) is 3.13. The number of methoxy groups -OCH3 is 1. The highest BCUT2D eigenvalue weighted by molar-refractivity contribution is 5.32. The Morgan fingerprint density at radius 3 is 3.00 bits per heavy atom. The number of nitrogens with zero attached hydrogens (tertiary/aromatic N) is 2. The molecule has 0 atom stereocenters. The number of aromatic nitrogens is 2. The van der Waals surface area contributed by atoms with E-state index in [2.05, 4.69) is 9.97 Å². The molecule has 0 unspecified atom stereocenters. The van der Waals surface area contributed by atoms with E-state index in [1.807, 2.05) is 0 Å². The second kappa shape index (κ2) is 4.55. The Morgan fingerprint density at radius 2 is 2.27 bits per heavy atom. The summed E-state index contributed by atoms with van der Waals surface area (Å²) in [5.74, 6) is 1.32. The van der Waals surface area contributed by atoms with Crippen molar-refractivity contribution >= 4 is 0 Å². The predicted molar refractivity (Wildman–Crippen MR) is 52.5 cm³/mol. The highest BCUT2D eigenvalue weighted by Crippen LogP contribution is 2.26. The lowest BCUT2D eigenvalue weighted by atomic mass is 10.2. The molecule has 5 heteroatoms. The zero-order chi connectivity index (χ0) is 10.7. The van der Waals surface area contributed by atoms with Crippen LogP contribution in [0.5, 0.6) is 5.88 Å². The van der Waals surface area contributed by atoms with E-state index >= 15 is 0 Å². The van der Waals surface area contributed by atoms with Crippen molar-refractivity contribution in [2.45, 2.75) is 26.1 Å². The molecule has 1 aliphatic rings. The van der Waals surface area contributed by atoms with E-state index in [0.29, 0.717) is 37.8 Å². The zero-order valence-corrected chi connectivity index (χ0v) is 8.69. The van der Waals surface area contributed by atoms with Crippen LogP contribution in [0.25, 0.3) is 0 Å². The lowest BCUT2D eigenvalue weighted by Crippen LogP contribution is -2.04. The normalized spacial score (nSPS) is 14.0. The van der Waals surface area contributed by atoms with Crippen molar-refractivity contribution in [2.24, 2.45) is 0 Å². The average Bonchev–Trinajstić information content (AvgIpc) is 2.73.